The van der Waals surface area contributed by atoms with Crippen LogP contribution >= 0.6 is 0 Å². The Morgan fingerprint density at radius 3 is 2.58 bits per heavy atom. The Hall–Kier alpha value is -1.87. The highest BCUT2D eigenvalue weighted by Gasteiger charge is 2.05. The summed E-state index contributed by atoms with van der Waals surface area (Å²) in [5.74, 6) is 0.559. The second kappa shape index (κ2) is 6.90. The SMILES string of the molecule is CCCNCc1ccc(Oc2ccccc2)c(F)c1. The molecule has 0 aliphatic rings. The summed E-state index contributed by atoms with van der Waals surface area (Å²) >= 11 is 0. The molecule has 0 unspecified atom stereocenters. The maximum atomic E-state index is 13.9. The number of ether oxygens (including phenoxy) is 1. The van der Waals surface area contributed by atoms with Crippen LogP contribution in [-0.2, 0) is 6.54 Å². The van der Waals surface area contributed by atoms with Crippen LogP contribution in [-0.4, -0.2) is 6.54 Å². The molecular formula is C16H18FNO. The van der Waals surface area contributed by atoms with Crippen molar-refractivity contribution in [1.29, 1.82) is 0 Å². The maximum absolute atomic E-state index is 13.9. The molecule has 0 saturated carbocycles. The first-order valence-electron chi connectivity index (χ1n) is 6.51. The number of para-hydroxylation sites is 1. The number of hydrogen-bond donors (Lipinski definition) is 1. The number of benzene rings is 2. The number of nitrogens with one attached hydrogen (secondary N) is 1. The second-order valence-corrected chi connectivity index (χ2v) is 4.36. The van der Waals surface area contributed by atoms with Gasteiger partial charge >= 0.3 is 0 Å². The van der Waals surface area contributed by atoms with E-state index in [0.29, 0.717) is 12.3 Å². The molecule has 0 saturated heterocycles. The molecule has 100 valence electrons. The first-order valence-corrected chi connectivity index (χ1v) is 6.51. The molecule has 2 rings (SSSR count). The zero-order valence-electron chi connectivity index (χ0n) is 11.0. The Kier molecular flexibility index (Phi) is 4.93. The average Bonchev–Trinajstić information content (AvgIpc) is 2.43. The lowest BCUT2D eigenvalue weighted by Gasteiger charge is -2.08. The van der Waals surface area contributed by atoms with E-state index in [1.165, 1.54) is 6.07 Å². The topological polar surface area (TPSA) is 21.3 Å². The Labute approximate surface area is 113 Å². The van der Waals surface area contributed by atoms with Crippen LogP contribution in [0, 0.1) is 5.82 Å². The second-order valence-electron chi connectivity index (χ2n) is 4.36. The van der Waals surface area contributed by atoms with Crippen molar-refractivity contribution in [2.45, 2.75) is 19.9 Å². The van der Waals surface area contributed by atoms with Gasteiger partial charge in [0, 0.05) is 6.54 Å². The molecule has 1 N–H and O–H groups in total. The van der Waals surface area contributed by atoms with Crippen LogP contribution in [0.1, 0.15) is 18.9 Å². The fraction of sp³-hybridized carbons (Fsp3) is 0.250. The first kappa shape index (κ1) is 13.6. The largest absolute Gasteiger partial charge is 0.454 e. The smallest absolute Gasteiger partial charge is 0.166 e. The summed E-state index contributed by atoms with van der Waals surface area (Å²) in [5, 5.41) is 3.24. The van der Waals surface area contributed by atoms with Gasteiger partial charge in [0.15, 0.2) is 11.6 Å². The van der Waals surface area contributed by atoms with Gasteiger partial charge < -0.3 is 10.1 Å². The first-order chi connectivity index (χ1) is 9.29. The highest BCUT2D eigenvalue weighted by atomic mass is 19.1. The van der Waals surface area contributed by atoms with Gasteiger partial charge in [-0.2, -0.15) is 0 Å². The van der Waals surface area contributed by atoms with Crippen molar-refractivity contribution in [3.8, 4) is 11.5 Å². The van der Waals surface area contributed by atoms with Crippen molar-refractivity contribution in [2.75, 3.05) is 6.54 Å². The van der Waals surface area contributed by atoms with Crippen LogP contribution in [0.2, 0.25) is 0 Å². The monoisotopic (exact) mass is 259 g/mol. The maximum Gasteiger partial charge on any atom is 0.166 e. The van der Waals surface area contributed by atoms with Gasteiger partial charge in [-0.3, -0.25) is 0 Å². The summed E-state index contributed by atoms with van der Waals surface area (Å²) in [6.07, 6.45) is 1.07. The average molecular weight is 259 g/mol. The van der Waals surface area contributed by atoms with Gasteiger partial charge in [0.05, 0.1) is 0 Å². The summed E-state index contributed by atoms with van der Waals surface area (Å²) in [6, 6.07) is 14.3. The van der Waals surface area contributed by atoms with Crippen LogP contribution in [0.15, 0.2) is 48.5 Å². The molecule has 0 bridgehead atoms. The Balaban J connectivity index is 2.03. The molecule has 3 heteroatoms. The molecule has 0 radical (unpaired) electrons. The van der Waals surface area contributed by atoms with E-state index in [-0.39, 0.29) is 11.6 Å². The van der Waals surface area contributed by atoms with Crippen molar-refractivity contribution < 1.29 is 9.13 Å². The molecule has 0 atom stereocenters. The number of rotatable bonds is 6. The van der Waals surface area contributed by atoms with Gasteiger partial charge in [0.2, 0.25) is 0 Å². The highest BCUT2D eigenvalue weighted by Crippen LogP contribution is 2.24. The van der Waals surface area contributed by atoms with Crippen LogP contribution in [0.4, 0.5) is 4.39 Å². The van der Waals surface area contributed by atoms with Gasteiger partial charge in [-0.15, -0.1) is 0 Å². The molecule has 2 aromatic carbocycles. The lowest BCUT2D eigenvalue weighted by Crippen LogP contribution is -2.13. The zero-order chi connectivity index (χ0) is 13.5. The van der Waals surface area contributed by atoms with Crippen LogP contribution in [0.5, 0.6) is 11.5 Å². The molecule has 0 heterocycles. The van der Waals surface area contributed by atoms with Crippen LogP contribution in [0.3, 0.4) is 0 Å². The van der Waals surface area contributed by atoms with Gasteiger partial charge in [-0.05, 0) is 42.8 Å². The predicted octanol–water partition coefficient (Wildman–Crippen LogP) is 4.12. The van der Waals surface area contributed by atoms with Crippen LogP contribution < -0.4 is 10.1 Å². The van der Waals surface area contributed by atoms with Crippen molar-refractivity contribution in [2.24, 2.45) is 0 Å². The minimum atomic E-state index is -0.334. The Morgan fingerprint density at radius 2 is 1.89 bits per heavy atom. The van der Waals surface area contributed by atoms with Crippen molar-refractivity contribution >= 4 is 0 Å². The summed E-state index contributed by atoms with van der Waals surface area (Å²) in [6.45, 7) is 3.71. The minimum absolute atomic E-state index is 0.255. The van der Waals surface area contributed by atoms with E-state index in [0.717, 1.165) is 18.5 Å². The van der Waals surface area contributed by atoms with E-state index in [4.69, 9.17) is 4.74 Å². The normalized spacial score (nSPS) is 10.4. The Morgan fingerprint density at radius 1 is 1.11 bits per heavy atom. The molecule has 2 aromatic rings. The third-order valence-electron chi connectivity index (χ3n) is 2.72. The molecule has 0 spiro atoms. The third-order valence-corrected chi connectivity index (χ3v) is 2.72. The Bertz CT molecular complexity index is 513. The minimum Gasteiger partial charge on any atom is -0.454 e. The molecule has 0 aromatic heterocycles. The van der Waals surface area contributed by atoms with Gasteiger partial charge in [-0.1, -0.05) is 31.2 Å². The molecule has 2 nitrogen and oxygen atoms in total. The molecule has 0 fully saturated rings. The lowest BCUT2D eigenvalue weighted by atomic mass is 10.2. The summed E-state index contributed by atoms with van der Waals surface area (Å²) in [4.78, 5) is 0. The van der Waals surface area contributed by atoms with E-state index in [9.17, 15) is 4.39 Å². The van der Waals surface area contributed by atoms with Crippen molar-refractivity contribution in [3.05, 3.63) is 59.9 Å². The van der Waals surface area contributed by atoms with E-state index in [1.807, 2.05) is 24.3 Å². The molecule has 19 heavy (non-hydrogen) atoms. The van der Waals surface area contributed by atoms with Gasteiger partial charge in [-0.25, -0.2) is 4.39 Å². The van der Waals surface area contributed by atoms with E-state index < -0.39 is 0 Å². The lowest BCUT2D eigenvalue weighted by molar-refractivity contribution is 0.441. The fourth-order valence-electron chi connectivity index (χ4n) is 1.76. The highest BCUT2D eigenvalue weighted by molar-refractivity contribution is 5.34. The molecular weight excluding hydrogens is 241 g/mol. The standard InChI is InChI=1S/C16H18FNO/c1-2-10-18-12-13-8-9-16(15(17)11-13)19-14-6-4-3-5-7-14/h3-9,11,18H,2,10,12H2,1H3. The summed E-state index contributed by atoms with van der Waals surface area (Å²) in [7, 11) is 0. The third kappa shape index (κ3) is 4.07. The van der Waals surface area contributed by atoms with Crippen LogP contribution in [0.25, 0.3) is 0 Å². The van der Waals surface area contributed by atoms with Gasteiger partial charge in [0.1, 0.15) is 5.75 Å². The summed E-state index contributed by atoms with van der Waals surface area (Å²) in [5.41, 5.74) is 0.923. The van der Waals surface area contributed by atoms with Crippen molar-refractivity contribution in [1.82, 2.24) is 5.32 Å². The molecule has 0 amide bonds. The number of halogens is 1. The van der Waals surface area contributed by atoms with E-state index in [2.05, 4.69) is 12.2 Å². The predicted molar refractivity (Wildman–Crippen MR) is 74.9 cm³/mol. The van der Waals surface area contributed by atoms with Gasteiger partial charge in [0.25, 0.3) is 0 Å². The van der Waals surface area contributed by atoms with E-state index >= 15 is 0 Å². The summed E-state index contributed by atoms with van der Waals surface area (Å²) < 4.78 is 19.4. The quantitative estimate of drug-likeness (QED) is 0.788. The van der Waals surface area contributed by atoms with E-state index in [1.54, 1.807) is 18.2 Å². The molecule has 0 aliphatic carbocycles. The fourth-order valence-corrected chi connectivity index (χ4v) is 1.76. The molecule has 0 aliphatic heterocycles. The number of hydrogen-bond acceptors (Lipinski definition) is 2. The zero-order valence-corrected chi connectivity index (χ0v) is 11.0. The van der Waals surface area contributed by atoms with Crippen molar-refractivity contribution in [3.63, 3.8) is 0 Å².